The molecular weight excluding hydrogens is 464 g/mol. The second kappa shape index (κ2) is 9.92. The Kier molecular flexibility index (Phi) is 7.53. The maximum atomic E-state index is 12.7. The van der Waals surface area contributed by atoms with Gasteiger partial charge in [0.1, 0.15) is 30.7 Å². The van der Waals surface area contributed by atoms with Gasteiger partial charge in [-0.15, -0.1) is 0 Å². The Morgan fingerprint density at radius 2 is 1.86 bits per heavy atom. The van der Waals surface area contributed by atoms with E-state index in [9.17, 15) is 29.4 Å². The molecule has 0 saturated carbocycles. The number of hydrogen-bond donors (Lipinski definition) is 2. The first-order valence-electron chi connectivity index (χ1n) is 11.2. The zero-order chi connectivity index (χ0) is 26.1. The third kappa shape index (κ3) is 5.80. The van der Waals surface area contributed by atoms with Gasteiger partial charge in [0, 0.05) is 37.8 Å². The molecule has 3 aliphatic heterocycles. The van der Waals surface area contributed by atoms with Gasteiger partial charge in [0.15, 0.2) is 5.79 Å². The molecule has 0 radical (unpaired) electrons. The summed E-state index contributed by atoms with van der Waals surface area (Å²) >= 11 is 0. The fourth-order valence-corrected chi connectivity index (χ4v) is 4.27. The summed E-state index contributed by atoms with van der Waals surface area (Å²) in [5.41, 5.74) is -0.850. The zero-order valence-corrected chi connectivity index (χ0v) is 20.3. The van der Waals surface area contributed by atoms with Crippen LogP contribution in [0, 0.1) is 5.92 Å². The highest BCUT2D eigenvalue weighted by atomic mass is 16.7. The lowest BCUT2D eigenvalue weighted by Gasteiger charge is -2.32. The van der Waals surface area contributed by atoms with Crippen LogP contribution in [0.1, 0.15) is 47.5 Å². The van der Waals surface area contributed by atoms with Crippen molar-refractivity contribution in [2.75, 3.05) is 13.2 Å². The van der Waals surface area contributed by atoms with Crippen molar-refractivity contribution in [3.05, 3.63) is 34.6 Å². The standard InChI is InChI=1S/C24H30O11/c1-12(10-31-14(3)25)6-20(28)33-17-7-13(2)24(30)9-19(27)23(5,35-24)8-18-21(17)16(22(29)34-18)11-32-15(4)26/h6,8,13,17,19,27,30H,7,9-11H2,1-5H3. The predicted octanol–water partition coefficient (Wildman–Crippen LogP) is 0.976. The maximum absolute atomic E-state index is 12.7. The van der Waals surface area contributed by atoms with E-state index in [-0.39, 0.29) is 36.4 Å². The first-order chi connectivity index (χ1) is 16.2. The normalized spacial score (nSPS) is 32.5. The quantitative estimate of drug-likeness (QED) is 0.308. The smallest absolute Gasteiger partial charge is 0.343 e. The Balaban J connectivity index is 2.04. The van der Waals surface area contributed by atoms with Crippen LogP contribution in [0.5, 0.6) is 0 Å². The van der Waals surface area contributed by atoms with Gasteiger partial charge in [-0.3, -0.25) is 9.59 Å². The van der Waals surface area contributed by atoms with Crippen molar-refractivity contribution in [1.82, 2.24) is 0 Å². The number of aliphatic hydroxyl groups is 2. The van der Waals surface area contributed by atoms with Crippen molar-refractivity contribution in [1.29, 1.82) is 0 Å². The first kappa shape index (κ1) is 26.6. The van der Waals surface area contributed by atoms with Crippen LogP contribution in [0.4, 0.5) is 0 Å². The third-order valence-electron chi connectivity index (χ3n) is 6.21. The van der Waals surface area contributed by atoms with Crippen LogP contribution in [0.2, 0.25) is 0 Å². The predicted molar refractivity (Wildman–Crippen MR) is 117 cm³/mol. The number of aliphatic hydroxyl groups excluding tert-OH is 1. The minimum atomic E-state index is -1.74. The van der Waals surface area contributed by atoms with E-state index < -0.39 is 60.0 Å². The molecule has 192 valence electrons. The lowest BCUT2D eigenvalue weighted by Crippen LogP contribution is -2.40. The molecule has 1 saturated heterocycles. The van der Waals surface area contributed by atoms with E-state index in [1.807, 2.05) is 0 Å². The highest BCUT2D eigenvalue weighted by Gasteiger charge is 2.56. The Labute approximate surface area is 202 Å². The van der Waals surface area contributed by atoms with Gasteiger partial charge in [-0.1, -0.05) is 6.92 Å². The van der Waals surface area contributed by atoms with Crippen LogP contribution in [0.25, 0.3) is 0 Å². The topological polar surface area (TPSA) is 155 Å². The highest BCUT2D eigenvalue weighted by Crippen LogP contribution is 2.47. The molecular formula is C24H30O11. The summed E-state index contributed by atoms with van der Waals surface area (Å²) in [4.78, 5) is 47.8. The molecule has 0 aromatic carbocycles. The van der Waals surface area contributed by atoms with Crippen molar-refractivity contribution < 1.29 is 53.1 Å². The highest BCUT2D eigenvalue weighted by molar-refractivity contribution is 5.96. The lowest BCUT2D eigenvalue weighted by molar-refractivity contribution is -0.240. The number of ether oxygens (including phenoxy) is 5. The number of rotatable bonds is 6. The van der Waals surface area contributed by atoms with Crippen molar-refractivity contribution >= 4 is 23.9 Å². The summed E-state index contributed by atoms with van der Waals surface area (Å²) in [5, 5.41) is 21.8. The van der Waals surface area contributed by atoms with Crippen molar-refractivity contribution in [2.45, 2.75) is 71.1 Å². The number of carbonyl (C=O) groups excluding carboxylic acids is 4. The molecule has 3 heterocycles. The fourth-order valence-electron chi connectivity index (χ4n) is 4.27. The van der Waals surface area contributed by atoms with Crippen molar-refractivity contribution in [2.24, 2.45) is 5.92 Å². The molecule has 1 fully saturated rings. The van der Waals surface area contributed by atoms with Crippen molar-refractivity contribution in [3.63, 3.8) is 0 Å². The SMILES string of the molecule is CC(=O)OCC(C)=CC(=O)OC1CC(C)C2(O)CC(O)C(C)(C=C3OC(=O)C(COC(C)=O)=C31)O2. The zero-order valence-electron chi connectivity index (χ0n) is 20.3. The van der Waals surface area contributed by atoms with E-state index in [0.29, 0.717) is 5.57 Å². The molecule has 0 amide bonds. The second-order valence-electron chi connectivity index (χ2n) is 9.25. The molecule has 0 spiro atoms. The van der Waals surface area contributed by atoms with Crippen LogP contribution in [-0.4, -0.2) is 70.9 Å². The van der Waals surface area contributed by atoms with Crippen LogP contribution >= 0.6 is 0 Å². The molecule has 11 nitrogen and oxygen atoms in total. The number of carbonyl (C=O) groups is 4. The van der Waals surface area contributed by atoms with Crippen LogP contribution in [0.15, 0.2) is 34.6 Å². The van der Waals surface area contributed by atoms with Gasteiger partial charge in [-0.05, 0) is 31.9 Å². The van der Waals surface area contributed by atoms with Gasteiger partial charge in [-0.25, -0.2) is 9.59 Å². The first-order valence-corrected chi connectivity index (χ1v) is 11.2. The van der Waals surface area contributed by atoms with E-state index >= 15 is 0 Å². The average Bonchev–Trinajstić information content (AvgIpc) is 3.16. The Bertz CT molecular complexity index is 1020. The summed E-state index contributed by atoms with van der Waals surface area (Å²) in [7, 11) is 0. The number of esters is 4. The molecule has 0 aromatic rings. The lowest BCUT2D eigenvalue weighted by atomic mass is 9.84. The molecule has 2 bridgehead atoms. The van der Waals surface area contributed by atoms with Crippen LogP contribution in [0.3, 0.4) is 0 Å². The molecule has 35 heavy (non-hydrogen) atoms. The minimum absolute atomic E-state index is 0.00520. The molecule has 2 N–H and O–H groups in total. The second-order valence-corrected chi connectivity index (χ2v) is 9.25. The van der Waals surface area contributed by atoms with Gasteiger partial charge in [0.05, 0.1) is 11.7 Å². The minimum Gasteiger partial charge on any atom is -0.461 e. The van der Waals surface area contributed by atoms with E-state index in [4.69, 9.17) is 23.7 Å². The van der Waals surface area contributed by atoms with Gasteiger partial charge < -0.3 is 33.9 Å². The molecule has 5 atom stereocenters. The molecule has 0 aromatic heterocycles. The van der Waals surface area contributed by atoms with E-state index in [2.05, 4.69) is 0 Å². The summed E-state index contributed by atoms with van der Waals surface area (Å²) in [6.45, 7) is 6.67. The summed E-state index contributed by atoms with van der Waals surface area (Å²) in [6, 6.07) is 0. The Morgan fingerprint density at radius 1 is 1.20 bits per heavy atom. The Morgan fingerprint density at radius 3 is 2.49 bits per heavy atom. The summed E-state index contributed by atoms with van der Waals surface area (Å²) in [5.74, 6) is -5.13. The molecule has 11 heteroatoms. The fraction of sp³-hybridized carbons (Fsp3) is 0.583. The van der Waals surface area contributed by atoms with Gasteiger partial charge in [-0.2, -0.15) is 0 Å². The Hall–Kier alpha value is -3.02. The largest absolute Gasteiger partial charge is 0.461 e. The monoisotopic (exact) mass is 494 g/mol. The molecule has 0 aliphatic carbocycles. The van der Waals surface area contributed by atoms with Gasteiger partial charge in [0.2, 0.25) is 0 Å². The summed E-state index contributed by atoms with van der Waals surface area (Å²) < 4.78 is 26.8. The molecule has 3 aliphatic rings. The van der Waals surface area contributed by atoms with Gasteiger partial charge in [0.25, 0.3) is 0 Å². The van der Waals surface area contributed by atoms with E-state index in [1.54, 1.807) is 20.8 Å². The van der Waals surface area contributed by atoms with Crippen LogP contribution in [-0.2, 0) is 42.9 Å². The van der Waals surface area contributed by atoms with E-state index in [0.717, 1.165) is 6.08 Å². The molecule has 3 rings (SSSR count). The average molecular weight is 494 g/mol. The molecule has 5 unspecified atom stereocenters. The number of fused-ring (bicyclic) bond motifs is 3. The van der Waals surface area contributed by atoms with Gasteiger partial charge >= 0.3 is 23.9 Å². The number of hydrogen-bond acceptors (Lipinski definition) is 11. The van der Waals surface area contributed by atoms with Crippen LogP contribution < -0.4 is 0 Å². The third-order valence-corrected chi connectivity index (χ3v) is 6.21. The maximum Gasteiger partial charge on any atom is 0.343 e. The summed E-state index contributed by atoms with van der Waals surface area (Å²) in [6.07, 6.45) is 0.205. The van der Waals surface area contributed by atoms with Crippen molar-refractivity contribution in [3.8, 4) is 0 Å². The van der Waals surface area contributed by atoms with E-state index in [1.165, 1.54) is 19.9 Å².